The Morgan fingerprint density at radius 2 is 1.78 bits per heavy atom. The molecule has 5 nitrogen and oxygen atoms in total. The number of nitrogens with zero attached hydrogens (tertiary/aromatic N) is 1. The summed E-state index contributed by atoms with van der Waals surface area (Å²) in [5.74, 6) is -0.433. The molecular weight excluding hydrogens is 336 g/mol. The number of hydrogen-bond acceptors (Lipinski definition) is 3. The fourth-order valence-corrected chi connectivity index (χ4v) is 3.31. The Hall–Kier alpha value is -1.89. The van der Waals surface area contributed by atoms with E-state index in [0.717, 1.165) is 9.87 Å². The molecule has 0 radical (unpaired) electrons. The smallest absolute Gasteiger partial charge is 0.243 e. The van der Waals surface area contributed by atoms with E-state index in [9.17, 15) is 13.2 Å². The van der Waals surface area contributed by atoms with E-state index in [4.69, 9.17) is 11.6 Å². The molecule has 2 aromatic carbocycles. The molecule has 2 rings (SSSR count). The third-order valence-electron chi connectivity index (χ3n) is 3.36. The van der Waals surface area contributed by atoms with E-state index in [1.54, 1.807) is 43.3 Å². The first kappa shape index (κ1) is 17.5. The van der Waals surface area contributed by atoms with Crippen molar-refractivity contribution >= 4 is 33.2 Å². The zero-order valence-electron chi connectivity index (χ0n) is 12.8. The van der Waals surface area contributed by atoms with Crippen LogP contribution in [0.3, 0.4) is 0 Å². The number of rotatable bonds is 5. The van der Waals surface area contributed by atoms with Crippen LogP contribution in [0.5, 0.6) is 0 Å². The van der Waals surface area contributed by atoms with Crippen LogP contribution in [0.25, 0.3) is 0 Å². The van der Waals surface area contributed by atoms with Crippen LogP contribution in [0.4, 0.5) is 5.69 Å². The number of carbonyl (C=O) groups excluding carboxylic acids is 1. The monoisotopic (exact) mass is 352 g/mol. The van der Waals surface area contributed by atoms with Crippen molar-refractivity contribution in [2.45, 2.75) is 11.8 Å². The molecule has 1 amide bonds. The van der Waals surface area contributed by atoms with Crippen molar-refractivity contribution in [3.05, 3.63) is 59.1 Å². The van der Waals surface area contributed by atoms with Gasteiger partial charge in [-0.15, -0.1) is 0 Å². The molecule has 0 aliphatic heterocycles. The van der Waals surface area contributed by atoms with Gasteiger partial charge in [0.1, 0.15) is 0 Å². The summed E-state index contributed by atoms with van der Waals surface area (Å²) >= 11 is 6.00. The predicted molar refractivity (Wildman–Crippen MR) is 91.1 cm³/mol. The summed E-state index contributed by atoms with van der Waals surface area (Å²) in [7, 11) is -2.33. The van der Waals surface area contributed by atoms with E-state index >= 15 is 0 Å². The molecule has 0 heterocycles. The first-order chi connectivity index (χ1) is 10.8. The summed E-state index contributed by atoms with van der Waals surface area (Å²) < 4.78 is 25.7. The molecule has 0 aliphatic rings. The summed E-state index contributed by atoms with van der Waals surface area (Å²) in [5.41, 5.74) is 1.30. The Bertz CT molecular complexity index is 807. The third kappa shape index (κ3) is 4.10. The van der Waals surface area contributed by atoms with Crippen LogP contribution in [0.1, 0.15) is 5.56 Å². The number of anilines is 1. The maximum Gasteiger partial charge on any atom is 0.243 e. The predicted octanol–water partition coefficient (Wildman–Crippen LogP) is 2.91. The topological polar surface area (TPSA) is 66.5 Å². The second-order valence-corrected chi connectivity index (χ2v) is 7.49. The average molecular weight is 353 g/mol. The molecule has 0 saturated heterocycles. The minimum absolute atomic E-state index is 0.147. The van der Waals surface area contributed by atoms with E-state index in [2.05, 4.69) is 5.32 Å². The minimum Gasteiger partial charge on any atom is -0.325 e. The van der Waals surface area contributed by atoms with Crippen LogP contribution in [0.2, 0.25) is 5.02 Å². The Kier molecular flexibility index (Phi) is 5.41. The highest BCUT2D eigenvalue weighted by molar-refractivity contribution is 7.89. The quantitative estimate of drug-likeness (QED) is 0.899. The van der Waals surface area contributed by atoms with Gasteiger partial charge in [-0.1, -0.05) is 35.9 Å². The second kappa shape index (κ2) is 7.12. The van der Waals surface area contributed by atoms with Crippen LogP contribution >= 0.6 is 11.6 Å². The first-order valence-corrected chi connectivity index (χ1v) is 8.70. The summed E-state index contributed by atoms with van der Waals surface area (Å²) in [4.78, 5) is 12.3. The van der Waals surface area contributed by atoms with Gasteiger partial charge in [-0.2, -0.15) is 4.31 Å². The summed E-state index contributed by atoms with van der Waals surface area (Å²) in [6.45, 7) is 1.49. The van der Waals surface area contributed by atoms with Crippen LogP contribution in [-0.2, 0) is 14.8 Å². The molecule has 0 saturated carbocycles. The van der Waals surface area contributed by atoms with Gasteiger partial charge in [-0.3, -0.25) is 4.79 Å². The Morgan fingerprint density at radius 1 is 1.13 bits per heavy atom. The number of halogens is 1. The van der Waals surface area contributed by atoms with E-state index in [1.807, 2.05) is 0 Å². The molecule has 0 unspecified atom stereocenters. The number of benzene rings is 2. The molecule has 0 atom stereocenters. The molecule has 0 aromatic heterocycles. The maximum atomic E-state index is 12.4. The molecule has 0 fully saturated rings. The van der Waals surface area contributed by atoms with Crippen molar-refractivity contribution in [2.75, 3.05) is 18.9 Å². The van der Waals surface area contributed by atoms with Crippen molar-refractivity contribution in [2.24, 2.45) is 0 Å². The normalized spacial score (nSPS) is 11.5. The fourth-order valence-electron chi connectivity index (χ4n) is 1.99. The van der Waals surface area contributed by atoms with Crippen molar-refractivity contribution in [1.82, 2.24) is 4.31 Å². The fraction of sp³-hybridized carbons (Fsp3) is 0.188. The number of nitrogens with one attached hydrogen (secondary N) is 1. The summed E-state index contributed by atoms with van der Waals surface area (Å²) in [6, 6.07) is 13.1. The lowest BCUT2D eigenvalue weighted by Gasteiger charge is -2.17. The van der Waals surface area contributed by atoms with Crippen LogP contribution in [0, 0.1) is 6.92 Å². The van der Waals surface area contributed by atoms with Gasteiger partial charge >= 0.3 is 0 Å². The number of hydrogen-bond donors (Lipinski definition) is 1. The van der Waals surface area contributed by atoms with Gasteiger partial charge in [-0.05, 0) is 36.8 Å². The van der Waals surface area contributed by atoms with E-state index < -0.39 is 15.9 Å². The van der Waals surface area contributed by atoms with Gasteiger partial charge in [0.05, 0.1) is 11.4 Å². The molecular formula is C16H17ClN2O3S. The van der Waals surface area contributed by atoms with Crippen LogP contribution < -0.4 is 5.32 Å². The lowest BCUT2D eigenvalue weighted by atomic mass is 10.2. The van der Waals surface area contributed by atoms with Crippen molar-refractivity contribution < 1.29 is 13.2 Å². The van der Waals surface area contributed by atoms with Crippen LogP contribution in [0.15, 0.2) is 53.4 Å². The lowest BCUT2D eigenvalue weighted by molar-refractivity contribution is -0.116. The van der Waals surface area contributed by atoms with E-state index in [-0.39, 0.29) is 11.4 Å². The van der Waals surface area contributed by atoms with E-state index in [1.165, 1.54) is 19.2 Å². The largest absolute Gasteiger partial charge is 0.325 e. The molecule has 0 spiro atoms. The number of likely N-dealkylation sites (N-methyl/N-ethyl adjacent to an activating group) is 1. The number of carbonyl (C=O) groups is 1. The molecule has 1 N–H and O–H groups in total. The van der Waals surface area contributed by atoms with Crippen LogP contribution in [-0.4, -0.2) is 32.2 Å². The molecule has 7 heteroatoms. The Balaban J connectivity index is 2.10. The van der Waals surface area contributed by atoms with E-state index in [0.29, 0.717) is 10.7 Å². The number of amides is 1. The average Bonchev–Trinajstić information content (AvgIpc) is 2.52. The zero-order chi connectivity index (χ0) is 17.0. The maximum absolute atomic E-state index is 12.4. The minimum atomic E-state index is -3.70. The first-order valence-electron chi connectivity index (χ1n) is 6.88. The van der Waals surface area contributed by atoms with Gasteiger partial charge in [0.2, 0.25) is 15.9 Å². The van der Waals surface area contributed by atoms with Gasteiger partial charge in [0, 0.05) is 17.8 Å². The SMILES string of the molecule is Cc1c(Cl)cccc1NC(=O)CN(C)S(=O)(=O)c1ccccc1. The standard InChI is InChI=1S/C16H17ClN2O3S/c1-12-14(17)9-6-10-15(12)18-16(20)11-19(2)23(21,22)13-7-4-3-5-8-13/h3-10H,11H2,1-2H3,(H,18,20). The second-order valence-electron chi connectivity index (χ2n) is 5.03. The van der Waals surface area contributed by atoms with Crippen molar-refractivity contribution in [1.29, 1.82) is 0 Å². The number of sulfonamides is 1. The molecule has 122 valence electrons. The highest BCUT2D eigenvalue weighted by Gasteiger charge is 2.22. The molecule has 0 aliphatic carbocycles. The Morgan fingerprint density at radius 3 is 2.43 bits per heavy atom. The lowest BCUT2D eigenvalue weighted by Crippen LogP contribution is -2.35. The van der Waals surface area contributed by atoms with Crippen molar-refractivity contribution in [3.63, 3.8) is 0 Å². The zero-order valence-corrected chi connectivity index (χ0v) is 14.4. The highest BCUT2D eigenvalue weighted by Crippen LogP contribution is 2.23. The van der Waals surface area contributed by atoms with Gasteiger partial charge in [0.25, 0.3) is 0 Å². The van der Waals surface area contributed by atoms with Gasteiger partial charge in [-0.25, -0.2) is 8.42 Å². The molecule has 0 bridgehead atoms. The van der Waals surface area contributed by atoms with Gasteiger partial charge in [0.15, 0.2) is 0 Å². The van der Waals surface area contributed by atoms with Gasteiger partial charge < -0.3 is 5.32 Å². The Labute approximate surface area is 140 Å². The summed E-state index contributed by atoms with van der Waals surface area (Å²) in [5, 5.41) is 3.21. The van der Waals surface area contributed by atoms with Crippen molar-refractivity contribution in [3.8, 4) is 0 Å². The summed E-state index contributed by atoms with van der Waals surface area (Å²) in [6.07, 6.45) is 0. The molecule has 23 heavy (non-hydrogen) atoms. The third-order valence-corrected chi connectivity index (χ3v) is 5.59. The molecule has 2 aromatic rings. The highest BCUT2D eigenvalue weighted by atomic mass is 35.5.